The largest absolute Gasteiger partial charge is 0.463 e. The van der Waals surface area contributed by atoms with Gasteiger partial charge in [0.15, 0.2) is 0 Å². The third-order valence-electron chi connectivity index (χ3n) is 4.81. The maximum Gasteiger partial charge on any atom is 0.331 e. The van der Waals surface area contributed by atoms with E-state index >= 15 is 0 Å². The summed E-state index contributed by atoms with van der Waals surface area (Å²) in [5.41, 5.74) is 0.752. The van der Waals surface area contributed by atoms with Gasteiger partial charge in [-0.25, -0.2) is 9.59 Å². The second-order valence-electron chi connectivity index (χ2n) is 8.02. The molecule has 0 N–H and O–H groups in total. The molecular weight excluding hydrogens is 364 g/mol. The summed E-state index contributed by atoms with van der Waals surface area (Å²) in [6.07, 6.45) is 21.8. The van der Waals surface area contributed by atoms with Gasteiger partial charge in [0, 0.05) is 12.2 Å². The Labute approximate surface area is 179 Å². The zero-order valence-electron chi connectivity index (χ0n) is 19.0. The summed E-state index contributed by atoms with van der Waals surface area (Å²) < 4.78 is 9.94. The van der Waals surface area contributed by atoms with Crippen LogP contribution in [0.25, 0.3) is 0 Å². The summed E-state index contributed by atoms with van der Waals surface area (Å²) in [6, 6.07) is 0. The van der Waals surface area contributed by atoms with Crippen molar-refractivity contribution in [3.8, 4) is 0 Å². The predicted octanol–water partition coefficient (Wildman–Crippen LogP) is 7.08. The van der Waals surface area contributed by atoms with Crippen LogP contribution in [0.1, 0.15) is 110 Å². The maximum atomic E-state index is 11.5. The Morgan fingerprint density at radius 1 is 0.655 bits per heavy atom. The van der Waals surface area contributed by atoms with Crippen LogP contribution in [-0.2, 0) is 19.1 Å². The molecule has 0 heterocycles. The standard InChI is InChI=1S/C25H44O4/c1-4-5-6-7-8-9-10-11-12-13-14-15-16-17-18-21-28-24(26)19-20-25(27)29-22-23(2)3/h19-20H,2,4-18,21-22H2,1,3H3/b20-19+. The molecule has 0 rings (SSSR count). The van der Waals surface area contributed by atoms with Gasteiger partial charge in [-0.15, -0.1) is 0 Å². The summed E-state index contributed by atoms with van der Waals surface area (Å²) >= 11 is 0. The first kappa shape index (κ1) is 27.4. The highest BCUT2D eigenvalue weighted by atomic mass is 16.5. The normalized spacial score (nSPS) is 11.0. The molecule has 0 unspecified atom stereocenters. The van der Waals surface area contributed by atoms with Crippen LogP contribution in [0, 0.1) is 0 Å². The van der Waals surface area contributed by atoms with Crippen molar-refractivity contribution in [2.75, 3.05) is 13.2 Å². The highest BCUT2D eigenvalue weighted by Gasteiger charge is 2.01. The number of esters is 2. The lowest BCUT2D eigenvalue weighted by molar-refractivity contribution is -0.140. The van der Waals surface area contributed by atoms with Crippen LogP contribution in [0.2, 0.25) is 0 Å². The van der Waals surface area contributed by atoms with Crippen molar-refractivity contribution in [2.45, 2.75) is 110 Å². The van der Waals surface area contributed by atoms with E-state index in [1.54, 1.807) is 6.92 Å². The van der Waals surface area contributed by atoms with Crippen LogP contribution in [0.3, 0.4) is 0 Å². The summed E-state index contributed by atoms with van der Waals surface area (Å²) in [6.45, 7) is 8.24. The number of rotatable bonds is 20. The van der Waals surface area contributed by atoms with E-state index in [1.807, 2.05) is 0 Å². The lowest BCUT2D eigenvalue weighted by Gasteiger charge is -2.04. The van der Waals surface area contributed by atoms with E-state index in [-0.39, 0.29) is 6.61 Å². The molecule has 0 radical (unpaired) electrons. The molecule has 0 fully saturated rings. The van der Waals surface area contributed by atoms with Gasteiger partial charge in [-0.1, -0.05) is 103 Å². The van der Waals surface area contributed by atoms with Crippen molar-refractivity contribution < 1.29 is 19.1 Å². The smallest absolute Gasteiger partial charge is 0.331 e. The quantitative estimate of drug-likeness (QED) is 0.0935. The van der Waals surface area contributed by atoms with Gasteiger partial charge in [-0.05, 0) is 18.9 Å². The van der Waals surface area contributed by atoms with E-state index in [4.69, 9.17) is 9.47 Å². The fourth-order valence-corrected chi connectivity index (χ4v) is 3.07. The Kier molecular flexibility index (Phi) is 20.0. The Morgan fingerprint density at radius 2 is 1.03 bits per heavy atom. The van der Waals surface area contributed by atoms with Crippen molar-refractivity contribution in [3.63, 3.8) is 0 Å². The lowest BCUT2D eigenvalue weighted by Crippen LogP contribution is -2.06. The maximum absolute atomic E-state index is 11.5. The van der Waals surface area contributed by atoms with Gasteiger partial charge in [0.25, 0.3) is 0 Å². The molecule has 0 saturated carbocycles. The third kappa shape index (κ3) is 22.6. The molecule has 0 aliphatic heterocycles. The molecule has 0 atom stereocenters. The molecule has 0 aromatic carbocycles. The van der Waals surface area contributed by atoms with Crippen LogP contribution >= 0.6 is 0 Å². The van der Waals surface area contributed by atoms with E-state index in [0.717, 1.165) is 30.6 Å². The summed E-state index contributed by atoms with van der Waals surface area (Å²) in [5.74, 6) is -1.06. The zero-order chi connectivity index (χ0) is 21.6. The average Bonchev–Trinajstić information content (AvgIpc) is 2.70. The molecule has 4 heteroatoms. The second-order valence-corrected chi connectivity index (χ2v) is 8.02. The van der Waals surface area contributed by atoms with Crippen molar-refractivity contribution in [1.82, 2.24) is 0 Å². The zero-order valence-corrected chi connectivity index (χ0v) is 19.0. The molecule has 0 spiro atoms. The van der Waals surface area contributed by atoms with Gasteiger partial charge < -0.3 is 9.47 Å². The first-order valence-electron chi connectivity index (χ1n) is 11.7. The molecule has 0 bridgehead atoms. The van der Waals surface area contributed by atoms with Crippen molar-refractivity contribution in [3.05, 3.63) is 24.3 Å². The predicted molar refractivity (Wildman–Crippen MR) is 121 cm³/mol. The van der Waals surface area contributed by atoms with Gasteiger partial charge in [0.1, 0.15) is 6.61 Å². The first-order valence-corrected chi connectivity index (χ1v) is 11.7. The Morgan fingerprint density at radius 3 is 1.45 bits per heavy atom. The number of hydrogen-bond donors (Lipinski definition) is 0. The van der Waals surface area contributed by atoms with E-state index in [2.05, 4.69) is 13.5 Å². The SMILES string of the molecule is C=C(C)COC(=O)/C=C/C(=O)OCCCCCCCCCCCCCCCCC. The number of hydrogen-bond acceptors (Lipinski definition) is 4. The molecule has 4 nitrogen and oxygen atoms in total. The van der Waals surface area contributed by atoms with E-state index < -0.39 is 11.9 Å². The van der Waals surface area contributed by atoms with Gasteiger partial charge >= 0.3 is 11.9 Å². The molecule has 0 amide bonds. The minimum Gasteiger partial charge on any atom is -0.463 e. The van der Waals surface area contributed by atoms with Crippen molar-refractivity contribution in [1.29, 1.82) is 0 Å². The number of carbonyl (C=O) groups excluding carboxylic acids is 2. The minimum atomic E-state index is -0.558. The van der Waals surface area contributed by atoms with Crippen LogP contribution in [-0.4, -0.2) is 25.2 Å². The van der Waals surface area contributed by atoms with E-state index in [9.17, 15) is 9.59 Å². The van der Waals surface area contributed by atoms with Crippen LogP contribution < -0.4 is 0 Å². The fraction of sp³-hybridized carbons (Fsp3) is 0.760. The molecular formula is C25H44O4. The summed E-state index contributed by atoms with van der Waals surface area (Å²) in [5, 5.41) is 0. The van der Waals surface area contributed by atoms with Gasteiger partial charge in [-0.2, -0.15) is 0 Å². The first-order chi connectivity index (χ1) is 14.1. The highest BCUT2D eigenvalue weighted by molar-refractivity contribution is 5.91. The average molecular weight is 409 g/mol. The Balaban J connectivity index is 3.31. The monoisotopic (exact) mass is 408 g/mol. The number of unbranched alkanes of at least 4 members (excludes halogenated alkanes) is 14. The lowest BCUT2D eigenvalue weighted by atomic mass is 10.0. The van der Waals surface area contributed by atoms with Crippen LogP contribution in [0.15, 0.2) is 24.3 Å². The van der Waals surface area contributed by atoms with Gasteiger partial charge in [0.2, 0.25) is 0 Å². The summed E-state index contributed by atoms with van der Waals surface area (Å²) in [4.78, 5) is 22.8. The molecule has 29 heavy (non-hydrogen) atoms. The summed E-state index contributed by atoms with van der Waals surface area (Å²) in [7, 11) is 0. The molecule has 168 valence electrons. The Bertz CT molecular complexity index is 454. The minimum absolute atomic E-state index is 0.164. The fourth-order valence-electron chi connectivity index (χ4n) is 3.07. The van der Waals surface area contributed by atoms with Crippen molar-refractivity contribution >= 4 is 11.9 Å². The molecule has 0 aromatic rings. The van der Waals surface area contributed by atoms with Gasteiger partial charge in [0.05, 0.1) is 6.61 Å². The third-order valence-corrected chi connectivity index (χ3v) is 4.81. The number of ether oxygens (including phenoxy) is 2. The topological polar surface area (TPSA) is 52.6 Å². The van der Waals surface area contributed by atoms with E-state index in [0.29, 0.717) is 6.61 Å². The Hall–Kier alpha value is -1.58. The molecule has 0 aliphatic rings. The number of carbonyl (C=O) groups is 2. The second kappa shape index (κ2) is 21.1. The molecule has 0 aromatic heterocycles. The molecule has 0 saturated heterocycles. The van der Waals surface area contributed by atoms with Crippen molar-refractivity contribution in [2.24, 2.45) is 0 Å². The van der Waals surface area contributed by atoms with Gasteiger partial charge in [-0.3, -0.25) is 0 Å². The molecule has 0 aliphatic carbocycles. The van der Waals surface area contributed by atoms with Crippen LogP contribution in [0.4, 0.5) is 0 Å². The van der Waals surface area contributed by atoms with Crippen LogP contribution in [0.5, 0.6) is 0 Å². The van der Waals surface area contributed by atoms with E-state index in [1.165, 1.54) is 83.5 Å². The highest BCUT2D eigenvalue weighted by Crippen LogP contribution is 2.13.